The third-order valence-electron chi connectivity index (χ3n) is 4.38. The maximum absolute atomic E-state index is 13.1. The average molecular weight is 296 g/mol. The van der Waals surface area contributed by atoms with E-state index in [1.54, 1.807) is 4.40 Å². The Hall–Kier alpha value is -3.20. The van der Waals surface area contributed by atoms with Gasteiger partial charge < -0.3 is 0 Å². The molecule has 0 saturated heterocycles. The van der Waals surface area contributed by atoms with Crippen LogP contribution in [0.2, 0.25) is 0 Å². The van der Waals surface area contributed by atoms with Crippen molar-refractivity contribution in [1.29, 1.82) is 0 Å². The first kappa shape index (κ1) is 12.4. The monoisotopic (exact) mass is 296 g/mol. The van der Waals surface area contributed by atoms with Crippen molar-refractivity contribution in [3.05, 3.63) is 83.2 Å². The fourth-order valence-corrected chi connectivity index (χ4v) is 3.35. The van der Waals surface area contributed by atoms with E-state index in [1.165, 1.54) is 0 Å². The molecule has 108 valence electrons. The van der Waals surface area contributed by atoms with Gasteiger partial charge in [0.2, 0.25) is 0 Å². The summed E-state index contributed by atoms with van der Waals surface area (Å²) in [6.45, 7) is 0. The van der Waals surface area contributed by atoms with Crippen LogP contribution in [0, 0.1) is 0 Å². The summed E-state index contributed by atoms with van der Waals surface area (Å²) in [5.41, 5.74) is 2.32. The van der Waals surface area contributed by atoms with Gasteiger partial charge in [0.15, 0.2) is 0 Å². The Kier molecular flexibility index (Phi) is 2.36. The number of pyridine rings is 1. The Morgan fingerprint density at radius 2 is 1.26 bits per heavy atom. The molecule has 3 aromatic carbocycles. The first-order valence-electron chi connectivity index (χ1n) is 7.55. The summed E-state index contributed by atoms with van der Waals surface area (Å²) in [5.74, 6) is 0. The molecular formula is C20H12N2O. The molecule has 2 heterocycles. The number of para-hydroxylation sites is 2. The first-order valence-corrected chi connectivity index (χ1v) is 7.55. The Morgan fingerprint density at radius 1 is 0.652 bits per heavy atom. The maximum atomic E-state index is 13.1. The minimum absolute atomic E-state index is 0.0208. The van der Waals surface area contributed by atoms with Crippen molar-refractivity contribution in [3.8, 4) is 0 Å². The van der Waals surface area contributed by atoms with Gasteiger partial charge in [0.1, 0.15) is 5.65 Å². The highest BCUT2D eigenvalue weighted by molar-refractivity contribution is 6.12. The van der Waals surface area contributed by atoms with Crippen molar-refractivity contribution >= 4 is 38.2 Å². The number of aromatic nitrogens is 2. The molecule has 0 saturated carbocycles. The first-order chi connectivity index (χ1) is 11.3. The van der Waals surface area contributed by atoms with E-state index in [0.29, 0.717) is 11.0 Å². The van der Waals surface area contributed by atoms with Crippen LogP contribution >= 0.6 is 0 Å². The number of hydrogen-bond acceptors (Lipinski definition) is 2. The molecule has 0 atom stereocenters. The van der Waals surface area contributed by atoms with E-state index in [0.717, 1.165) is 27.2 Å². The summed E-state index contributed by atoms with van der Waals surface area (Å²) in [7, 11) is 0. The minimum Gasteiger partial charge on any atom is -0.268 e. The second kappa shape index (κ2) is 4.40. The molecule has 0 aliphatic heterocycles. The standard InChI is InChI=1S/C20H12N2O/c23-20-16-10-3-5-11-17(16)21-19-15-9-2-1-7-13(15)14-8-4-6-12-18(14)22(19)20/h1-12H. The highest BCUT2D eigenvalue weighted by Crippen LogP contribution is 2.28. The average Bonchev–Trinajstić information content (AvgIpc) is 2.62. The van der Waals surface area contributed by atoms with E-state index in [2.05, 4.69) is 12.1 Å². The number of rotatable bonds is 0. The Labute approximate surface area is 131 Å². The molecule has 5 aromatic rings. The van der Waals surface area contributed by atoms with Gasteiger partial charge in [0.25, 0.3) is 5.56 Å². The predicted octanol–water partition coefficient (Wildman–Crippen LogP) is 4.15. The van der Waals surface area contributed by atoms with Crippen LogP contribution in [0.3, 0.4) is 0 Å². The van der Waals surface area contributed by atoms with Gasteiger partial charge in [-0.05, 0) is 23.6 Å². The van der Waals surface area contributed by atoms with E-state index in [1.807, 2.05) is 60.7 Å². The summed E-state index contributed by atoms with van der Waals surface area (Å²) < 4.78 is 1.74. The fraction of sp³-hybridized carbons (Fsp3) is 0. The third-order valence-corrected chi connectivity index (χ3v) is 4.38. The quantitative estimate of drug-likeness (QED) is 0.318. The molecule has 0 aliphatic rings. The number of benzene rings is 3. The molecule has 0 N–H and O–H groups in total. The normalized spacial score (nSPS) is 11.7. The van der Waals surface area contributed by atoms with Gasteiger partial charge in [-0.15, -0.1) is 0 Å². The molecule has 5 rings (SSSR count). The Bertz CT molecular complexity index is 1290. The Balaban J connectivity index is 2.25. The molecule has 23 heavy (non-hydrogen) atoms. The van der Waals surface area contributed by atoms with Crippen LogP contribution in [0.25, 0.3) is 38.2 Å². The van der Waals surface area contributed by atoms with Gasteiger partial charge in [-0.1, -0.05) is 54.6 Å². The molecular weight excluding hydrogens is 284 g/mol. The van der Waals surface area contributed by atoms with Crippen LogP contribution in [0.5, 0.6) is 0 Å². The molecule has 0 spiro atoms. The van der Waals surface area contributed by atoms with Crippen molar-refractivity contribution in [1.82, 2.24) is 9.38 Å². The number of fused-ring (bicyclic) bond motifs is 7. The molecule has 3 nitrogen and oxygen atoms in total. The molecule has 0 aliphatic carbocycles. The summed E-state index contributed by atoms with van der Waals surface area (Å²) >= 11 is 0. The zero-order valence-electron chi connectivity index (χ0n) is 12.2. The lowest BCUT2D eigenvalue weighted by molar-refractivity contribution is 1.14. The second-order valence-corrected chi connectivity index (χ2v) is 5.66. The van der Waals surface area contributed by atoms with Gasteiger partial charge in [0.05, 0.1) is 16.4 Å². The summed E-state index contributed by atoms with van der Waals surface area (Å²) in [5, 5.41) is 3.82. The van der Waals surface area contributed by atoms with Crippen LogP contribution < -0.4 is 5.56 Å². The van der Waals surface area contributed by atoms with Crippen molar-refractivity contribution in [2.24, 2.45) is 0 Å². The van der Waals surface area contributed by atoms with Crippen LogP contribution in [0.15, 0.2) is 77.6 Å². The van der Waals surface area contributed by atoms with Crippen molar-refractivity contribution in [3.63, 3.8) is 0 Å². The van der Waals surface area contributed by atoms with Gasteiger partial charge in [-0.3, -0.25) is 9.20 Å². The van der Waals surface area contributed by atoms with Gasteiger partial charge in [-0.25, -0.2) is 4.98 Å². The molecule has 3 heteroatoms. The van der Waals surface area contributed by atoms with Crippen LogP contribution in [-0.4, -0.2) is 9.38 Å². The molecule has 2 aromatic heterocycles. The van der Waals surface area contributed by atoms with Crippen LogP contribution in [0.1, 0.15) is 0 Å². The van der Waals surface area contributed by atoms with Crippen molar-refractivity contribution in [2.45, 2.75) is 0 Å². The highest BCUT2D eigenvalue weighted by atomic mass is 16.1. The van der Waals surface area contributed by atoms with Gasteiger partial charge >= 0.3 is 0 Å². The van der Waals surface area contributed by atoms with E-state index in [-0.39, 0.29) is 5.56 Å². The SMILES string of the molecule is O=c1c2ccccc2nc2c3ccccc3c3ccccc3n12. The lowest BCUT2D eigenvalue weighted by Gasteiger charge is -2.11. The molecule has 0 fully saturated rings. The smallest absolute Gasteiger partial charge is 0.266 e. The fourth-order valence-electron chi connectivity index (χ4n) is 3.35. The topological polar surface area (TPSA) is 34.4 Å². The van der Waals surface area contributed by atoms with E-state index >= 15 is 0 Å². The van der Waals surface area contributed by atoms with Crippen molar-refractivity contribution in [2.75, 3.05) is 0 Å². The lowest BCUT2D eigenvalue weighted by Crippen LogP contribution is -2.16. The summed E-state index contributed by atoms with van der Waals surface area (Å²) in [4.78, 5) is 17.8. The largest absolute Gasteiger partial charge is 0.268 e. The molecule has 0 amide bonds. The Morgan fingerprint density at radius 3 is 2.09 bits per heavy atom. The third kappa shape index (κ3) is 1.59. The maximum Gasteiger partial charge on any atom is 0.266 e. The predicted molar refractivity (Wildman–Crippen MR) is 94.0 cm³/mol. The molecule has 0 radical (unpaired) electrons. The number of nitrogens with zero attached hydrogens (tertiary/aromatic N) is 2. The summed E-state index contributed by atoms with van der Waals surface area (Å²) in [6.07, 6.45) is 0. The number of hydrogen-bond donors (Lipinski definition) is 0. The highest BCUT2D eigenvalue weighted by Gasteiger charge is 2.12. The van der Waals surface area contributed by atoms with Gasteiger partial charge in [0, 0.05) is 10.8 Å². The van der Waals surface area contributed by atoms with E-state index < -0.39 is 0 Å². The van der Waals surface area contributed by atoms with E-state index in [9.17, 15) is 4.79 Å². The van der Waals surface area contributed by atoms with Gasteiger partial charge in [-0.2, -0.15) is 0 Å². The second-order valence-electron chi connectivity index (χ2n) is 5.66. The minimum atomic E-state index is -0.0208. The van der Waals surface area contributed by atoms with E-state index in [4.69, 9.17) is 4.98 Å². The molecule has 0 bridgehead atoms. The zero-order chi connectivity index (χ0) is 15.4. The van der Waals surface area contributed by atoms with Crippen molar-refractivity contribution < 1.29 is 0 Å². The van der Waals surface area contributed by atoms with Crippen LogP contribution in [-0.2, 0) is 0 Å². The summed E-state index contributed by atoms with van der Waals surface area (Å²) in [6, 6.07) is 23.6. The van der Waals surface area contributed by atoms with Crippen LogP contribution in [0.4, 0.5) is 0 Å². The molecule has 0 unspecified atom stereocenters. The lowest BCUT2D eigenvalue weighted by atomic mass is 10.1. The zero-order valence-corrected chi connectivity index (χ0v) is 12.2.